The highest BCUT2D eigenvalue weighted by atomic mass is 32.2. The molecule has 0 radical (unpaired) electrons. The number of aryl methyl sites for hydroxylation is 2. The minimum Gasteiger partial charge on any atom is -0.463 e. The predicted molar refractivity (Wildman–Crippen MR) is 158 cm³/mol. The van der Waals surface area contributed by atoms with E-state index in [1.54, 1.807) is 37.3 Å². The minimum absolute atomic E-state index is 0.146. The smallest absolute Gasteiger partial charge is 0.336 e. The number of hydrogen-bond donors (Lipinski definition) is 0. The van der Waals surface area contributed by atoms with Gasteiger partial charge in [-0.3, -0.25) is 4.31 Å². The number of rotatable bonds is 7. The van der Waals surface area contributed by atoms with Gasteiger partial charge in [-0.15, -0.1) is 0 Å². The first-order valence-corrected chi connectivity index (χ1v) is 14.7. The van der Waals surface area contributed by atoms with Crippen LogP contribution < -0.4 is 0 Å². The van der Waals surface area contributed by atoms with E-state index < -0.39 is 22.0 Å². The van der Waals surface area contributed by atoms with Gasteiger partial charge < -0.3 is 4.74 Å². The van der Waals surface area contributed by atoms with Crippen molar-refractivity contribution in [1.82, 2.24) is 4.31 Å². The highest BCUT2D eigenvalue weighted by molar-refractivity contribution is 7.89. The molecular weight excluding hydrogens is 518 g/mol. The van der Waals surface area contributed by atoms with E-state index in [-0.39, 0.29) is 17.1 Å². The number of benzene rings is 4. The average molecular weight is 550 g/mol. The first-order chi connectivity index (χ1) is 19.3. The van der Waals surface area contributed by atoms with E-state index in [4.69, 9.17) is 4.74 Å². The van der Waals surface area contributed by atoms with Crippen molar-refractivity contribution >= 4 is 21.6 Å². The maximum atomic E-state index is 14.6. The normalized spacial score (nSPS) is 15.1. The molecule has 40 heavy (non-hydrogen) atoms. The Morgan fingerprint density at radius 1 is 0.775 bits per heavy atom. The summed E-state index contributed by atoms with van der Waals surface area (Å²) in [6.07, 6.45) is 1.69. The summed E-state index contributed by atoms with van der Waals surface area (Å²) in [5, 5.41) is 0. The Kier molecular flexibility index (Phi) is 7.71. The van der Waals surface area contributed by atoms with E-state index in [1.165, 1.54) is 4.31 Å². The van der Waals surface area contributed by atoms with Crippen molar-refractivity contribution in [3.63, 3.8) is 0 Å². The molecule has 0 aromatic heterocycles. The molecular formula is C34H31NO4S. The Bertz CT molecular complexity index is 1650. The van der Waals surface area contributed by atoms with Crippen molar-refractivity contribution in [3.05, 3.63) is 154 Å². The minimum atomic E-state index is -4.14. The zero-order valence-corrected chi connectivity index (χ0v) is 23.6. The van der Waals surface area contributed by atoms with Crippen LogP contribution in [0.2, 0.25) is 0 Å². The lowest BCUT2D eigenvalue weighted by Crippen LogP contribution is -2.33. The van der Waals surface area contributed by atoms with Crippen molar-refractivity contribution in [3.8, 4) is 0 Å². The molecule has 0 amide bonds. The van der Waals surface area contributed by atoms with Crippen LogP contribution in [0.4, 0.5) is 0 Å². The highest BCUT2D eigenvalue weighted by Crippen LogP contribution is 2.47. The summed E-state index contributed by atoms with van der Waals surface area (Å²) in [7, 11) is -4.14. The number of carbonyl (C=O) groups is 1. The quantitative estimate of drug-likeness (QED) is 0.233. The van der Waals surface area contributed by atoms with Crippen LogP contribution in [0.3, 0.4) is 0 Å². The van der Waals surface area contributed by atoms with Gasteiger partial charge in [0, 0.05) is 5.57 Å². The summed E-state index contributed by atoms with van der Waals surface area (Å²) >= 11 is 0. The monoisotopic (exact) mass is 549 g/mol. The van der Waals surface area contributed by atoms with Gasteiger partial charge >= 0.3 is 5.97 Å². The van der Waals surface area contributed by atoms with Crippen LogP contribution in [-0.2, 0) is 19.6 Å². The standard InChI is InChI=1S/C34H31NO4S/c1-4-39-34(36)30-23-31(32(26-13-7-5-8-14-26)27-15-9-6-10-16-27)35(33(30)28-17-11-12-25(3)22-28)40(37,38)29-20-18-24(2)19-21-29/h5-23,33H,4H2,1-3H3. The molecule has 5 rings (SSSR count). The third kappa shape index (κ3) is 5.23. The zero-order valence-electron chi connectivity index (χ0n) is 22.7. The topological polar surface area (TPSA) is 63.7 Å². The largest absolute Gasteiger partial charge is 0.463 e. The van der Waals surface area contributed by atoms with Crippen molar-refractivity contribution in [2.45, 2.75) is 31.7 Å². The fourth-order valence-corrected chi connectivity index (χ4v) is 6.66. The lowest BCUT2D eigenvalue weighted by atomic mass is 9.96. The van der Waals surface area contributed by atoms with Crippen molar-refractivity contribution in [2.24, 2.45) is 0 Å². The zero-order chi connectivity index (χ0) is 28.3. The van der Waals surface area contributed by atoms with Crippen LogP contribution in [0.15, 0.2) is 131 Å². The molecule has 0 saturated heterocycles. The third-order valence-electron chi connectivity index (χ3n) is 6.89. The molecule has 5 nitrogen and oxygen atoms in total. The SMILES string of the molecule is CCOC(=O)C1=CC(=C(c2ccccc2)c2ccccc2)N(S(=O)(=O)c2ccc(C)cc2)C1c1cccc(C)c1. The second-order valence-electron chi connectivity index (χ2n) is 9.74. The van der Waals surface area contributed by atoms with Gasteiger partial charge in [0.15, 0.2) is 0 Å². The number of hydrogen-bond acceptors (Lipinski definition) is 4. The maximum absolute atomic E-state index is 14.6. The summed E-state index contributed by atoms with van der Waals surface area (Å²) in [6.45, 7) is 5.77. The van der Waals surface area contributed by atoms with E-state index >= 15 is 0 Å². The number of ether oxygens (including phenoxy) is 1. The highest BCUT2D eigenvalue weighted by Gasteiger charge is 2.44. The van der Waals surface area contributed by atoms with Crippen LogP contribution in [-0.4, -0.2) is 25.3 Å². The molecule has 1 heterocycles. The van der Waals surface area contributed by atoms with Gasteiger partial charge in [-0.1, -0.05) is 108 Å². The average Bonchev–Trinajstić information content (AvgIpc) is 3.36. The van der Waals surface area contributed by atoms with Crippen LogP contribution in [0.25, 0.3) is 5.57 Å². The van der Waals surface area contributed by atoms with Gasteiger partial charge in [0.25, 0.3) is 10.0 Å². The fraction of sp³-hybridized carbons (Fsp3) is 0.147. The summed E-state index contributed by atoms with van der Waals surface area (Å²) in [6, 6.07) is 32.8. The molecule has 4 aromatic carbocycles. The number of esters is 1. The van der Waals surface area contributed by atoms with Gasteiger partial charge in [-0.05, 0) is 55.7 Å². The Morgan fingerprint density at radius 3 is 1.93 bits per heavy atom. The van der Waals surface area contributed by atoms with Crippen LogP contribution in [0, 0.1) is 13.8 Å². The predicted octanol–water partition coefficient (Wildman–Crippen LogP) is 7.00. The number of carbonyl (C=O) groups excluding carboxylic acids is 1. The second-order valence-corrected chi connectivity index (χ2v) is 11.6. The molecule has 0 aliphatic carbocycles. The molecule has 0 saturated carbocycles. The molecule has 4 aromatic rings. The lowest BCUT2D eigenvalue weighted by molar-refractivity contribution is -0.138. The summed E-state index contributed by atoms with van der Waals surface area (Å²) in [5.41, 5.74) is 5.63. The van der Waals surface area contributed by atoms with Gasteiger partial charge in [0.05, 0.1) is 22.8 Å². The molecule has 1 aliphatic rings. The van der Waals surface area contributed by atoms with Gasteiger partial charge in [0.2, 0.25) is 0 Å². The van der Waals surface area contributed by atoms with Crippen molar-refractivity contribution in [1.29, 1.82) is 0 Å². The van der Waals surface area contributed by atoms with Crippen LogP contribution in [0.5, 0.6) is 0 Å². The molecule has 1 aliphatic heterocycles. The second kappa shape index (κ2) is 11.4. The Balaban J connectivity index is 1.88. The van der Waals surface area contributed by atoms with E-state index in [9.17, 15) is 13.2 Å². The summed E-state index contributed by atoms with van der Waals surface area (Å²) < 4.78 is 36.1. The van der Waals surface area contributed by atoms with E-state index in [1.807, 2.05) is 98.8 Å². The maximum Gasteiger partial charge on any atom is 0.336 e. The van der Waals surface area contributed by atoms with Gasteiger partial charge in [0.1, 0.15) is 6.04 Å². The number of allylic oxidation sites excluding steroid dienone is 1. The first-order valence-electron chi connectivity index (χ1n) is 13.2. The van der Waals surface area contributed by atoms with Gasteiger partial charge in [-0.25, -0.2) is 13.2 Å². The van der Waals surface area contributed by atoms with E-state index in [2.05, 4.69) is 0 Å². The van der Waals surface area contributed by atoms with E-state index in [0.717, 1.165) is 22.3 Å². The Labute approximate surface area is 236 Å². The Morgan fingerprint density at radius 2 is 1.38 bits per heavy atom. The Hall–Kier alpha value is -4.42. The molecule has 0 spiro atoms. The number of nitrogens with zero attached hydrogens (tertiary/aromatic N) is 1. The molecule has 0 N–H and O–H groups in total. The molecule has 0 bridgehead atoms. The first kappa shape index (κ1) is 27.2. The molecule has 1 unspecified atom stereocenters. The van der Waals surface area contributed by atoms with Gasteiger partial charge in [-0.2, -0.15) is 0 Å². The summed E-state index contributed by atoms with van der Waals surface area (Å²) in [4.78, 5) is 13.6. The van der Waals surface area contributed by atoms with Crippen molar-refractivity contribution in [2.75, 3.05) is 6.61 Å². The molecule has 1 atom stereocenters. The number of sulfonamides is 1. The summed E-state index contributed by atoms with van der Waals surface area (Å²) in [5.74, 6) is -0.548. The fourth-order valence-electron chi connectivity index (χ4n) is 5.04. The van der Waals surface area contributed by atoms with Crippen LogP contribution >= 0.6 is 0 Å². The van der Waals surface area contributed by atoms with Crippen LogP contribution in [0.1, 0.15) is 40.8 Å². The molecule has 0 fully saturated rings. The molecule has 6 heteroatoms. The third-order valence-corrected chi connectivity index (χ3v) is 8.68. The lowest BCUT2D eigenvalue weighted by Gasteiger charge is -2.31. The van der Waals surface area contributed by atoms with Crippen molar-refractivity contribution < 1.29 is 17.9 Å². The van der Waals surface area contributed by atoms with E-state index in [0.29, 0.717) is 16.8 Å². The molecule has 202 valence electrons.